The van der Waals surface area contributed by atoms with Gasteiger partial charge < -0.3 is 14.3 Å². The first-order valence-corrected chi connectivity index (χ1v) is 9.47. The predicted octanol–water partition coefficient (Wildman–Crippen LogP) is 3.84. The number of hydrogen-bond donors (Lipinski definition) is 1. The van der Waals surface area contributed by atoms with Crippen LogP contribution in [0.1, 0.15) is 6.92 Å². The van der Waals surface area contributed by atoms with Crippen LogP contribution in [0.2, 0.25) is 0 Å². The van der Waals surface area contributed by atoms with Crippen molar-refractivity contribution in [2.45, 2.75) is 18.6 Å². The Hall–Kier alpha value is -3.13. The number of carbonyl (C=O) groups is 1. The van der Waals surface area contributed by atoms with Crippen LogP contribution in [0.5, 0.6) is 0 Å². The molecule has 0 unspecified atom stereocenters. The van der Waals surface area contributed by atoms with Crippen LogP contribution >= 0.6 is 11.8 Å². The molecule has 4 rings (SSSR count). The highest BCUT2D eigenvalue weighted by atomic mass is 32.2. The standard InChI is InChI=1S/C19H17N5O2S/c1-2-24-18(15-5-3-4-9-20-15)22-23-19(24)27-12-17(25)21-14-7-6-13-8-10-26-16(13)11-14/h3-11H,2,12H2,1H3,(H,21,25). The normalized spacial score (nSPS) is 11.0. The number of furan rings is 1. The molecular weight excluding hydrogens is 362 g/mol. The van der Waals surface area contributed by atoms with Gasteiger partial charge in [-0.3, -0.25) is 9.78 Å². The first kappa shape index (κ1) is 17.3. The molecule has 3 heterocycles. The summed E-state index contributed by atoms with van der Waals surface area (Å²) >= 11 is 1.35. The van der Waals surface area contributed by atoms with Gasteiger partial charge in [0.25, 0.3) is 0 Å². The van der Waals surface area contributed by atoms with Crippen molar-refractivity contribution < 1.29 is 9.21 Å². The molecule has 0 saturated heterocycles. The number of benzene rings is 1. The summed E-state index contributed by atoms with van der Waals surface area (Å²) in [6.45, 7) is 2.70. The Balaban J connectivity index is 1.43. The average Bonchev–Trinajstić information content (AvgIpc) is 3.33. The van der Waals surface area contributed by atoms with Gasteiger partial charge in [-0.25, -0.2) is 0 Å². The lowest BCUT2D eigenvalue weighted by Gasteiger charge is -2.07. The van der Waals surface area contributed by atoms with Gasteiger partial charge in [0.05, 0.1) is 12.0 Å². The number of thioether (sulfide) groups is 1. The van der Waals surface area contributed by atoms with E-state index in [9.17, 15) is 4.79 Å². The third kappa shape index (κ3) is 3.70. The SMILES string of the molecule is CCn1c(SCC(=O)Nc2ccc3ccoc3c2)nnc1-c1ccccn1. The molecule has 0 radical (unpaired) electrons. The molecule has 0 bridgehead atoms. The lowest BCUT2D eigenvalue weighted by Crippen LogP contribution is -2.14. The molecule has 0 atom stereocenters. The summed E-state index contributed by atoms with van der Waals surface area (Å²) in [4.78, 5) is 16.6. The lowest BCUT2D eigenvalue weighted by atomic mass is 10.2. The maximum absolute atomic E-state index is 12.3. The van der Waals surface area contributed by atoms with Crippen LogP contribution < -0.4 is 5.32 Å². The molecule has 4 aromatic rings. The van der Waals surface area contributed by atoms with Crippen LogP contribution in [0.4, 0.5) is 5.69 Å². The fraction of sp³-hybridized carbons (Fsp3) is 0.158. The summed E-state index contributed by atoms with van der Waals surface area (Å²) in [7, 11) is 0. The largest absolute Gasteiger partial charge is 0.464 e. The topological polar surface area (TPSA) is 85.8 Å². The number of nitrogens with one attached hydrogen (secondary N) is 1. The van der Waals surface area contributed by atoms with E-state index in [1.807, 2.05) is 54.0 Å². The minimum atomic E-state index is -0.115. The van der Waals surface area contributed by atoms with Gasteiger partial charge in [-0.15, -0.1) is 10.2 Å². The van der Waals surface area contributed by atoms with Crippen LogP contribution in [-0.4, -0.2) is 31.4 Å². The number of nitrogens with zero attached hydrogens (tertiary/aromatic N) is 4. The molecule has 27 heavy (non-hydrogen) atoms. The monoisotopic (exact) mass is 379 g/mol. The number of fused-ring (bicyclic) bond motifs is 1. The van der Waals surface area contributed by atoms with Gasteiger partial charge in [-0.05, 0) is 37.3 Å². The Morgan fingerprint density at radius 3 is 2.96 bits per heavy atom. The molecule has 0 aliphatic carbocycles. The van der Waals surface area contributed by atoms with Crippen molar-refractivity contribution in [2.24, 2.45) is 0 Å². The summed E-state index contributed by atoms with van der Waals surface area (Å²) in [5, 5.41) is 13.0. The molecule has 1 aromatic carbocycles. The highest BCUT2D eigenvalue weighted by Gasteiger charge is 2.15. The van der Waals surface area contributed by atoms with Gasteiger partial charge in [0.15, 0.2) is 11.0 Å². The summed E-state index contributed by atoms with van der Waals surface area (Å²) in [6, 6.07) is 13.1. The molecular formula is C19H17N5O2S. The first-order chi connectivity index (χ1) is 13.2. The first-order valence-electron chi connectivity index (χ1n) is 8.49. The zero-order valence-corrected chi connectivity index (χ0v) is 15.4. The van der Waals surface area contributed by atoms with Gasteiger partial charge in [0.1, 0.15) is 11.3 Å². The van der Waals surface area contributed by atoms with E-state index in [1.54, 1.807) is 12.5 Å². The van der Waals surface area contributed by atoms with Crippen LogP contribution in [0, 0.1) is 0 Å². The number of carbonyl (C=O) groups excluding carboxylic acids is 1. The quantitative estimate of drug-likeness (QED) is 0.512. The van der Waals surface area contributed by atoms with E-state index in [0.29, 0.717) is 23.2 Å². The smallest absolute Gasteiger partial charge is 0.234 e. The van der Waals surface area contributed by atoms with Crippen molar-refractivity contribution in [3.05, 3.63) is 54.9 Å². The van der Waals surface area contributed by atoms with E-state index >= 15 is 0 Å². The number of pyridine rings is 1. The molecule has 0 saturated carbocycles. The Bertz CT molecular complexity index is 1070. The Kier molecular flexibility index (Phi) is 4.88. The number of aromatic nitrogens is 4. The molecule has 0 fully saturated rings. The van der Waals surface area contributed by atoms with E-state index in [4.69, 9.17) is 4.42 Å². The summed E-state index contributed by atoms with van der Waals surface area (Å²) in [5.74, 6) is 0.816. The van der Waals surface area contributed by atoms with Gasteiger partial charge in [0.2, 0.25) is 5.91 Å². The summed E-state index contributed by atoms with van der Waals surface area (Å²) in [6.07, 6.45) is 3.35. The van der Waals surface area contributed by atoms with Crippen molar-refractivity contribution in [1.82, 2.24) is 19.7 Å². The van der Waals surface area contributed by atoms with Gasteiger partial charge in [-0.1, -0.05) is 17.8 Å². The van der Waals surface area contributed by atoms with Crippen LogP contribution in [0.15, 0.2) is 64.5 Å². The maximum Gasteiger partial charge on any atom is 0.234 e. The molecule has 0 aliphatic heterocycles. The van der Waals surface area contributed by atoms with Crippen molar-refractivity contribution in [2.75, 3.05) is 11.1 Å². The van der Waals surface area contributed by atoms with Crippen molar-refractivity contribution in [3.63, 3.8) is 0 Å². The third-order valence-corrected chi connectivity index (χ3v) is 4.97. The Labute approximate surface area is 159 Å². The number of anilines is 1. The van der Waals surface area contributed by atoms with E-state index in [0.717, 1.165) is 16.7 Å². The van der Waals surface area contributed by atoms with Crippen molar-refractivity contribution in [3.8, 4) is 11.5 Å². The average molecular weight is 379 g/mol. The Morgan fingerprint density at radius 1 is 1.22 bits per heavy atom. The zero-order valence-electron chi connectivity index (χ0n) is 14.6. The van der Waals surface area contributed by atoms with Crippen LogP contribution in [-0.2, 0) is 11.3 Å². The number of rotatable bonds is 6. The molecule has 8 heteroatoms. The van der Waals surface area contributed by atoms with Gasteiger partial charge >= 0.3 is 0 Å². The second-order valence-corrected chi connectivity index (χ2v) is 6.72. The zero-order chi connectivity index (χ0) is 18.6. The molecule has 0 spiro atoms. The minimum Gasteiger partial charge on any atom is -0.464 e. The van der Waals surface area contributed by atoms with Gasteiger partial charge in [0, 0.05) is 29.9 Å². The van der Waals surface area contributed by atoms with Crippen molar-refractivity contribution in [1.29, 1.82) is 0 Å². The third-order valence-electron chi connectivity index (χ3n) is 4.00. The second-order valence-electron chi connectivity index (χ2n) is 5.78. The fourth-order valence-corrected chi connectivity index (χ4v) is 3.53. The maximum atomic E-state index is 12.3. The molecule has 0 aliphatic rings. The van der Waals surface area contributed by atoms with E-state index in [1.165, 1.54) is 11.8 Å². The number of amides is 1. The van der Waals surface area contributed by atoms with E-state index in [2.05, 4.69) is 20.5 Å². The van der Waals surface area contributed by atoms with Crippen molar-refractivity contribution >= 4 is 34.3 Å². The minimum absolute atomic E-state index is 0.115. The van der Waals surface area contributed by atoms with Crippen LogP contribution in [0.25, 0.3) is 22.5 Å². The predicted molar refractivity (Wildman–Crippen MR) is 104 cm³/mol. The molecule has 136 valence electrons. The Morgan fingerprint density at radius 2 is 2.15 bits per heavy atom. The van der Waals surface area contributed by atoms with E-state index in [-0.39, 0.29) is 11.7 Å². The fourth-order valence-electron chi connectivity index (χ4n) is 2.72. The highest BCUT2D eigenvalue weighted by molar-refractivity contribution is 7.99. The second kappa shape index (κ2) is 7.63. The molecule has 3 aromatic heterocycles. The van der Waals surface area contributed by atoms with Gasteiger partial charge in [-0.2, -0.15) is 0 Å². The van der Waals surface area contributed by atoms with Crippen LogP contribution in [0.3, 0.4) is 0 Å². The summed E-state index contributed by atoms with van der Waals surface area (Å²) < 4.78 is 7.31. The van der Waals surface area contributed by atoms with E-state index < -0.39 is 0 Å². The molecule has 1 N–H and O–H groups in total. The number of hydrogen-bond acceptors (Lipinski definition) is 6. The molecule has 7 nitrogen and oxygen atoms in total. The summed E-state index contributed by atoms with van der Waals surface area (Å²) in [5.41, 5.74) is 2.20. The molecule has 1 amide bonds. The highest BCUT2D eigenvalue weighted by Crippen LogP contribution is 2.23. The lowest BCUT2D eigenvalue weighted by molar-refractivity contribution is -0.113.